The number of aromatic amines is 1. The maximum Gasteiger partial charge on any atom is 0.317 e. The lowest BCUT2D eigenvalue weighted by Crippen LogP contribution is -2.31. The molecule has 1 aromatic heterocycles. The van der Waals surface area contributed by atoms with Gasteiger partial charge < -0.3 is 25.2 Å². The summed E-state index contributed by atoms with van der Waals surface area (Å²) in [5, 5.41) is 31.0. The van der Waals surface area contributed by atoms with Gasteiger partial charge in [0.05, 0.1) is 19.6 Å². The van der Waals surface area contributed by atoms with E-state index in [2.05, 4.69) is 10.3 Å². The van der Waals surface area contributed by atoms with Gasteiger partial charge in [-0.3, -0.25) is 19.7 Å². The molecular formula is C14H17N3O6. The first-order valence-corrected chi connectivity index (χ1v) is 7.27. The Balaban J connectivity index is 1.85. The van der Waals surface area contributed by atoms with Gasteiger partial charge in [-0.15, -0.1) is 0 Å². The van der Waals surface area contributed by atoms with Gasteiger partial charge in [-0.1, -0.05) is 0 Å². The van der Waals surface area contributed by atoms with Crippen LogP contribution >= 0.6 is 0 Å². The highest BCUT2D eigenvalue weighted by Crippen LogP contribution is 2.36. The van der Waals surface area contributed by atoms with E-state index in [0.717, 1.165) is 12.8 Å². The summed E-state index contributed by atoms with van der Waals surface area (Å²) in [5.41, 5.74) is -0.237. The number of nitrogens with zero attached hydrogens (tertiary/aromatic N) is 1. The number of aromatic hydroxyl groups is 1. The molecule has 1 atom stereocenters. The van der Waals surface area contributed by atoms with Crippen LogP contribution in [0.5, 0.6) is 5.75 Å². The monoisotopic (exact) mass is 323 g/mol. The zero-order valence-electron chi connectivity index (χ0n) is 12.2. The number of carboxylic acid groups (broad SMARTS) is 1. The molecule has 0 radical (unpaired) electrons. The zero-order chi connectivity index (χ0) is 16.7. The lowest BCUT2D eigenvalue weighted by molar-refractivity contribution is -0.136. The second-order valence-corrected chi connectivity index (χ2v) is 5.82. The minimum Gasteiger partial charge on any atom is -0.507 e. The Bertz CT molecular complexity index is 724. The van der Waals surface area contributed by atoms with E-state index in [1.165, 1.54) is 0 Å². The SMILES string of the molecule is O=C(O)CNC(O)c1c(O)c2c([nH]c1=O)CN(C(=O)C1CC1)C2. The summed E-state index contributed by atoms with van der Waals surface area (Å²) in [6.07, 6.45) is 0.0995. The van der Waals surface area contributed by atoms with Crippen molar-refractivity contribution >= 4 is 11.9 Å². The number of aliphatic hydroxyl groups is 1. The van der Waals surface area contributed by atoms with Gasteiger partial charge in [0, 0.05) is 17.2 Å². The molecule has 1 aliphatic heterocycles. The van der Waals surface area contributed by atoms with Crippen LogP contribution in [0.2, 0.25) is 0 Å². The van der Waals surface area contributed by atoms with Crippen molar-refractivity contribution in [3.8, 4) is 5.75 Å². The van der Waals surface area contributed by atoms with Crippen molar-refractivity contribution in [1.29, 1.82) is 0 Å². The average Bonchev–Trinajstić information content (AvgIpc) is 3.24. The van der Waals surface area contributed by atoms with Gasteiger partial charge in [0.2, 0.25) is 5.91 Å². The fourth-order valence-electron chi connectivity index (χ4n) is 2.72. The summed E-state index contributed by atoms with van der Waals surface area (Å²) in [6, 6.07) is 0. The fraction of sp³-hybridized carbons (Fsp3) is 0.500. The minimum absolute atomic E-state index is 0.00690. The highest BCUT2D eigenvalue weighted by Gasteiger charge is 2.37. The molecule has 3 rings (SSSR count). The number of carbonyl (C=O) groups excluding carboxylic acids is 1. The maximum atomic E-state index is 12.1. The number of aromatic nitrogens is 1. The molecule has 2 heterocycles. The normalized spacial score (nSPS) is 17.9. The van der Waals surface area contributed by atoms with E-state index in [0.29, 0.717) is 11.3 Å². The summed E-state index contributed by atoms with van der Waals surface area (Å²) in [6.45, 7) is -0.193. The smallest absolute Gasteiger partial charge is 0.317 e. The third kappa shape index (κ3) is 2.92. The van der Waals surface area contributed by atoms with Crippen LogP contribution in [0.4, 0.5) is 0 Å². The van der Waals surface area contributed by atoms with E-state index >= 15 is 0 Å². The number of nitrogens with one attached hydrogen (secondary N) is 2. The van der Waals surface area contributed by atoms with E-state index in [1.54, 1.807) is 4.90 Å². The highest BCUT2D eigenvalue weighted by molar-refractivity contribution is 5.81. The van der Waals surface area contributed by atoms with Gasteiger partial charge in [-0.05, 0) is 12.8 Å². The Morgan fingerprint density at radius 2 is 2.04 bits per heavy atom. The number of pyridine rings is 1. The number of rotatable bonds is 5. The summed E-state index contributed by atoms with van der Waals surface area (Å²) in [5.74, 6) is -1.59. The Labute approximate surface area is 130 Å². The Morgan fingerprint density at radius 3 is 2.65 bits per heavy atom. The van der Waals surface area contributed by atoms with Crippen LogP contribution < -0.4 is 10.9 Å². The van der Waals surface area contributed by atoms with Gasteiger partial charge in [0.1, 0.15) is 17.5 Å². The predicted molar refractivity (Wildman–Crippen MR) is 76.3 cm³/mol. The second kappa shape index (κ2) is 5.67. The maximum absolute atomic E-state index is 12.1. The second-order valence-electron chi connectivity index (χ2n) is 5.82. The van der Waals surface area contributed by atoms with Crippen molar-refractivity contribution in [2.45, 2.75) is 32.2 Å². The first-order valence-electron chi connectivity index (χ1n) is 7.27. The minimum atomic E-state index is -1.62. The van der Waals surface area contributed by atoms with E-state index in [1.807, 2.05) is 0 Å². The van der Waals surface area contributed by atoms with Gasteiger partial charge in [-0.25, -0.2) is 0 Å². The highest BCUT2D eigenvalue weighted by atomic mass is 16.4. The lowest BCUT2D eigenvalue weighted by Gasteiger charge is -2.15. The fourth-order valence-corrected chi connectivity index (χ4v) is 2.72. The Kier molecular flexibility index (Phi) is 3.82. The molecule has 124 valence electrons. The van der Waals surface area contributed by atoms with Crippen molar-refractivity contribution in [3.63, 3.8) is 0 Å². The molecule has 23 heavy (non-hydrogen) atoms. The molecule has 0 aromatic carbocycles. The van der Waals surface area contributed by atoms with Crippen LogP contribution in [0.1, 0.15) is 35.9 Å². The van der Waals surface area contributed by atoms with Crippen LogP contribution in [0.15, 0.2) is 4.79 Å². The molecule has 1 aliphatic carbocycles. The molecular weight excluding hydrogens is 306 g/mol. The molecule has 9 nitrogen and oxygen atoms in total. The number of carboxylic acids is 1. The van der Waals surface area contributed by atoms with Crippen LogP contribution in [0.25, 0.3) is 0 Å². The summed E-state index contributed by atoms with van der Waals surface area (Å²) >= 11 is 0. The summed E-state index contributed by atoms with van der Waals surface area (Å²) in [7, 11) is 0. The van der Waals surface area contributed by atoms with Crippen LogP contribution in [0.3, 0.4) is 0 Å². The molecule has 5 N–H and O–H groups in total. The third-order valence-corrected chi connectivity index (χ3v) is 4.07. The quantitative estimate of drug-likeness (QED) is 0.437. The van der Waals surface area contributed by atoms with E-state index in [-0.39, 0.29) is 30.5 Å². The largest absolute Gasteiger partial charge is 0.507 e. The van der Waals surface area contributed by atoms with Crippen LogP contribution in [0, 0.1) is 5.92 Å². The molecule has 2 aliphatic rings. The van der Waals surface area contributed by atoms with Crippen molar-refractivity contribution in [3.05, 3.63) is 27.2 Å². The van der Waals surface area contributed by atoms with Crippen LogP contribution in [-0.2, 0) is 22.7 Å². The number of aliphatic carboxylic acids is 1. The molecule has 1 fully saturated rings. The Morgan fingerprint density at radius 1 is 1.35 bits per heavy atom. The first-order chi connectivity index (χ1) is 10.9. The zero-order valence-corrected chi connectivity index (χ0v) is 12.2. The number of aliphatic hydroxyl groups excluding tert-OH is 1. The van der Waals surface area contributed by atoms with Gasteiger partial charge in [-0.2, -0.15) is 0 Å². The van der Waals surface area contributed by atoms with E-state index < -0.39 is 30.1 Å². The molecule has 0 saturated heterocycles. The number of hydrogen-bond acceptors (Lipinski definition) is 6. The number of fused-ring (bicyclic) bond motifs is 1. The molecule has 1 saturated carbocycles. The van der Waals surface area contributed by atoms with Crippen molar-refractivity contribution in [2.75, 3.05) is 6.54 Å². The standard InChI is InChI=1S/C14H17N3O6/c18-9(19)3-15-12(21)10-11(20)7-4-17(14(23)6-1-2-6)5-8(7)16-13(10)22/h6,12,15,21H,1-5H2,(H,18,19)(H2,16,20,22). The van der Waals surface area contributed by atoms with Crippen molar-refractivity contribution in [1.82, 2.24) is 15.2 Å². The summed E-state index contributed by atoms with van der Waals surface area (Å²) < 4.78 is 0. The molecule has 9 heteroatoms. The van der Waals surface area contributed by atoms with Gasteiger partial charge >= 0.3 is 5.97 Å². The van der Waals surface area contributed by atoms with Crippen LogP contribution in [-0.4, -0.2) is 43.6 Å². The molecule has 1 amide bonds. The molecule has 0 spiro atoms. The van der Waals surface area contributed by atoms with Crippen molar-refractivity contribution in [2.24, 2.45) is 5.92 Å². The van der Waals surface area contributed by atoms with Crippen molar-refractivity contribution < 1.29 is 24.9 Å². The lowest BCUT2D eigenvalue weighted by atomic mass is 10.1. The molecule has 1 aromatic rings. The molecule has 1 unspecified atom stereocenters. The average molecular weight is 323 g/mol. The topological polar surface area (TPSA) is 143 Å². The number of amides is 1. The number of H-pyrrole nitrogens is 1. The van der Waals surface area contributed by atoms with E-state index in [4.69, 9.17) is 5.11 Å². The number of hydrogen-bond donors (Lipinski definition) is 5. The van der Waals surface area contributed by atoms with Gasteiger partial charge in [0.25, 0.3) is 5.56 Å². The Hall–Kier alpha value is -2.39. The third-order valence-electron chi connectivity index (χ3n) is 4.07. The van der Waals surface area contributed by atoms with Gasteiger partial charge in [0.15, 0.2) is 0 Å². The van der Waals surface area contributed by atoms with E-state index in [9.17, 15) is 24.6 Å². The predicted octanol–water partition coefficient (Wildman–Crippen LogP) is -1.00. The summed E-state index contributed by atoms with van der Waals surface area (Å²) in [4.78, 5) is 38.8. The molecule has 0 bridgehead atoms. The first kappa shape index (κ1) is 15.5. The number of carbonyl (C=O) groups is 2.